The highest BCUT2D eigenvalue weighted by Crippen LogP contribution is 2.35. The summed E-state index contributed by atoms with van der Waals surface area (Å²) in [6, 6.07) is 2.41. The van der Waals surface area contributed by atoms with Crippen LogP contribution in [-0.2, 0) is 4.79 Å². The van der Waals surface area contributed by atoms with E-state index < -0.39 is 28.1 Å². The third-order valence-electron chi connectivity index (χ3n) is 1.84. The number of carboxylic acid groups (broad SMARTS) is 1. The average molecular weight is 303 g/mol. The first-order valence-corrected chi connectivity index (χ1v) is 5.11. The van der Waals surface area contributed by atoms with Crippen LogP contribution in [0.3, 0.4) is 0 Å². The summed E-state index contributed by atoms with van der Waals surface area (Å²) in [6.45, 7) is 1.17. The fourth-order valence-electron chi connectivity index (χ4n) is 1.22. The van der Waals surface area contributed by atoms with Gasteiger partial charge >= 0.3 is 11.7 Å². The van der Waals surface area contributed by atoms with Crippen molar-refractivity contribution in [3.8, 4) is 0 Å². The number of carbonyl (C=O) groups excluding carboxylic acids is 1. The van der Waals surface area contributed by atoms with Crippen molar-refractivity contribution in [3.63, 3.8) is 0 Å². The molecule has 0 heterocycles. The number of benzene rings is 1. The Morgan fingerprint density at radius 3 is 2.47 bits per heavy atom. The molecule has 1 amide bonds. The molecule has 17 heavy (non-hydrogen) atoms. The normalized spacial score (nSPS) is 9.76. The molecule has 1 aromatic carbocycles. The van der Waals surface area contributed by atoms with Crippen LogP contribution < -0.4 is 5.32 Å². The number of rotatable bonds is 3. The molecular formula is C9H7BrN2O5. The number of nitro benzene ring substituents is 1. The number of nitro groups is 1. The van der Waals surface area contributed by atoms with Crippen molar-refractivity contribution in [1.82, 2.24) is 0 Å². The first-order chi connectivity index (χ1) is 7.84. The van der Waals surface area contributed by atoms with Crippen LogP contribution in [0, 0.1) is 10.1 Å². The van der Waals surface area contributed by atoms with Crippen LogP contribution in [0.1, 0.15) is 17.3 Å². The molecule has 0 aliphatic heterocycles. The molecule has 2 N–H and O–H groups in total. The lowest BCUT2D eigenvalue weighted by atomic mass is 10.1. The monoisotopic (exact) mass is 302 g/mol. The minimum absolute atomic E-state index is 0.164. The smallest absolute Gasteiger partial charge is 0.342 e. The molecule has 1 aromatic rings. The molecule has 0 aromatic heterocycles. The molecule has 0 bridgehead atoms. The number of hydrogen-bond acceptors (Lipinski definition) is 4. The van der Waals surface area contributed by atoms with Crippen molar-refractivity contribution in [3.05, 3.63) is 32.3 Å². The van der Waals surface area contributed by atoms with Crippen LogP contribution >= 0.6 is 15.9 Å². The molecule has 0 spiro atoms. The number of carboxylic acids is 1. The standard InChI is InChI=1S/C9H7BrN2O5/c1-4(13)11-7-6(10)3-2-5(9(14)15)8(7)12(16)17/h2-3H,1H3,(H,11,13)(H,14,15). The molecule has 0 aliphatic rings. The Morgan fingerprint density at radius 1 is 1.47 bits per heavy atom. The van der Waals surface area contributed by atoms with Gasteiger partial charge in [-0.05, 0) is 28.1 Å². The molecule has 0 saturated heterocycles. The first-order valence-electron chi connectivity index (χ1n) is 4.32. The molecule has 7 nitrogen and oxygen atoms in total. The summed E-state index contributed by atoms with van der Waals surface area (Å²) in [4.78, 5) is 31.8. The summed E-state index contributed by atoms with van der Waals surface area (Å²) < 4.78 is 0.240. The lowest BCUT2D eigenvalue weighted by Gasteiger charge is -2.07. The van der Waals surface area contributed by atoms with Crippen molar-refractivity contribution < 1.29 is 19.6 Å². The second-order valence-electron chi connectivity index (χ2n) is 3.06. The second-order valence-corrected chi connectivity index (χ2v) is 3.92. The van der Waals surface area contributed by atoms with Gasteiger partial charge in [-0.1, -0.05) is 0 Å². The SMILES string of the molecule is CC(=O)Nc1c(Br)ccc(C(=O)O)c1[N+](=O)[O-]. The third kappa shape index (κ3) is 2.78. The largest absolute Gasteiger partial charge is 0.477 e. The lowest BCUT2D eigenvalue weighted by molar-refractivity contribution is -0.384. The zero-order valence-corrected chi connectivity index (χ0v) is 10.1. The summed E-state index contributed by atoms with van der Waals surface area (Å²) >= 11 is 3.02. The van der Waals surface area contributed by atoms with Gasteiger partial charge in [0.25, 0.3) is 0 Å². The van der Waals surface area contributed by atoms with E-state index in [1.807, 2.05) is 0 Å². The van der Waals surface area contributed by atoms with Gasteiger partial charge < -0.3 is 10.4 Å². The van der Waals surface area contributed by atoms with E-state index in [2.05, 4.69) is 21.2 Å². The minimum Gasteiger partial charge on any atom is -0.477 e. The Balaban J connectivity index is 3.54. The van der Waals surface area contributed by atoms with Gasteiger partial charge in [-0.2, -0.15) is 0 Å². The van der Waals surface area contributed by atoms with Crippen LogP contribution in [0.5, 0.6) is 0 Å². The second kappa shape index (κ2) is 4.91. The van der Waals surface area contributed by atoms with Gasteiger partial charge in [0.05, 0.1) is 4.92 Å². The number of hydrogen-bond donors (Lipinski definition) is 2. The number of nitrogens with one attached hydrogen (secondary N) is 1. The van der Waals surface area contributed by atoms with Gasteiger partial charge in [0.1, 0.15) is 11.3 Å². The molecular weight excluding hydrogens is 296 g/mol. The molecule has 0 unspecified atom stereocenters. The van der Waals surface area contributed by atoms with E-state index in [0.29, 0.717) is 0 Å². The Morgan fingerprint density at radius 2 is 2.06 bits per heavy atom. The predicted molar refractivity (Wildman–Crippen MR) is 62.1 cm³/mol. The average Bonchev–Trinajstić information content (AvgIpc) is 2.19. The summed E-state index contributed by atoms with van der Waals surface area (Å²) in [5, 5.41) is 21.9. The minimum atomic E-state index is -1.43. The van der Waals surface area contributed by atoms with Crippen LogP contribution in [0.2, 0.25) is 0 Å². The molecule has 90 valence electrons. The highest BCUT2D eigenvalue weighted by Gasteiger charge is 2.27. The van der Waals surface area contributed by atoms with Crippen LogP contribution in [-0.4, -0.2) is 21.9 Å². The van der Waals surface area contributed by atoms with Gasteiger partial charge in [0.2, 0.25) is 5.91 Å². The quantitative estimate of drug-likeness (QED) is 0.655. The van der Waals surface area contributed by atoms with Crippen molar-refractivity contribution in [1.29, 1.82) is 0 Å². The van der Waals surface area contributed by atoms with E-state index in [0.717, 1.165) is 6.07 Å². The number of anilines is 1. The number of nitrogens with zero attached hydrogens (tertiary/aromatic N) is 1. The Bertz CT molecular complexity index is 514. The van der Waals surface area contributed by atoms with Crippen LogP contribution in [0.15, 0.2) is 16.6 Å². The van der Waals surface area contributed by atoms with E-state index >= 15 is 0 Å². The van der Waals surface area contributed by atoms with Crippen LogP contribution in [0.4, 0.5) is 11.4 Å². The van der Waals surface area contributed by atoms with E-state index in [4.69, 9.17) is 5.11 Å². The number of aromatic carboxylic acids is 1. The molecule has 0 fully saturated rings. The van der Waals surface area contributed by atoms with Gasteiger partial charge in [-0.15, -0.1) is 0 Å². The Labute approximate surface area is 104 Å². The topological polar surface area (TPSA) is 110 Å². The zero-order valence-electron chi connectivity index (χ0n) is 8.56. The molecule has 0 aliphatic carbocycles. The van der Waals surface area contributed by atoms with Gasteiger partial charge in [0, 0.05) is 11.4 Å². The third-order valence-corrected chi connectivity index (χ3v) is 2.50. The van der Waals surface area contributed by atoms with Crippen molar-refractivity contribution in [2.75, 3.05) is 5.32 Å². The lowest BCUT2D eigenvalue weighted by Crippen LogP contribution is -2.11. The van der Waals surface area contributed by atoms with E-state index in [1.54, 1.807) is 0 Å². The number of halogens is 1. The Hall–Kier alpha value is -1.96. The van der Waals surface area contributed by atoms with Gasteiger partial charge in [0.15, 0.2) is 0 Å². The maximum atomic E-state index is 10.9. The van der Waals surface area contributed by atoms with E-state index in [1.165, 1.54) is 13.0 Å². The van der Waals surface area contributed by atoms with Gasteiger partial charge in [-0.3, -0.25) is 14.9 Å². The Kier molecular flexibility index (Phi) is 3.79. The number of carbonyl (C=O) groups is 2. The zero-order chi connectivity index (χ0) is 13.2. The van der Waals surface area contributed by atoms with Crippen molar-refractivity contribution >= 4 is 39.2 Å². The maximum Gasteiger partial charge on any atom is 0.342 e. The van der Waals surface area contributed by atoms with Crippen LogP contribution in [0.25, 0.3) is 0 Å². The summed E-state index contributed by atoms with van der Waals surface area (Å²) in [5.74, 6) is -1.97. The maximum absolute atomic E-state index is 10.9. The summed E-state index contributed by atoms with van der Waals surface area (Å²) in [7, 11) is 0. The van der Waals surface area contributed by atoms with Gasteiger partial charge in [-0.25, -0.2) is 4.79 Å². The molecule has 8 heteroatoms. The fraction of sp³-hybridized carbons (Fsp3) is 0.111. The fourth-order valence-corrected chi connectivity index (χ4v) is 1.64. The molecule has 0 saturated carbocycles. The molecule has 0 atom stereocenters. The summed E-state index contributed by atoms with van der Waals surface area (Å²) in [6.07, 6.45) is 0. The molecule has 1 rings (SSSR count). The summed E-state index contributed by atoms with van der Waals surface area (Å²) in [5.41, 5.74) is -1.30. The van der Waals surface area contributed by atoms with E-state index in [9.17, 15) is 19.7 Å². The van der Waals surface area contributed by atoms with E-state index in [-0.39, 0.29) is 10.2 Å². The highest BCUT2D eigenvalue weighted by atomic mass is 79.9. The molecule has 0 radical (unpaired) electrons. The number of amides is 1. The van der Waals surface area contributed by atoms with Crippen molar-refractivity contribution in [2.24, 2.45) is 0 Å². The van der Waals surface area contributed by atoms with Crippen molar-refractivity contribution in [2.45, 2.75) is 6.92 Å². The first kappa shape index (κ1) is 13.1. The predicted octanol–water partition coefficient (Wildman–Crippen LogP) is 2.01. The highest BCUT2D eigenvalue weighted by molar-refractivity contribution is 9.10.